The van der Waals surface area contributed by atoms with Crippen molar-refractivity contribution in [2.75, 3.05) is 5.75 Å². The van der Waals surface area contributed by atoms with Gasteiger partial charge < -0.3 is 0 Å². The monoisotopic (exact) mass is 200 g/mol. The van der Waals surface area contributed by atoms with E-state index in [4.69, 9.17) is 4.18 Å². The summed E-state index contributed by atoms with van der Waals surface area (Å²) in [6.07, 6.45) is 3.67. The van der Waals surface area contributed by atoms with Crippen molar-refractivity contribution in [3.8, 4) is 0 Å². The van der Waals surface area contributed by atoms with E-state index in [1.54, 1.807) is 0 Å². The molecular weight excluding hydrogens is 184 g/mol. The number of rotatable bonds is 0. The molecule has 0 aromatic heterocycles. The molecule has 0 amide bonds. The van der Waals surface area contributed by atoms with Gasteiger partial charge in [0.2, 0.25) is 0 Å². The standard InChI is InChI=1S/C10H16O2S/c1-7-3-4-9-8(2)6-13(11)12-10(9)5-7/h7,9-10H,2-6H2,1H3/t7-,9+,10+,13?/m1/s1. The Morgan fingerprint density at radius 3 is 3.08 bits per heavy atom. The van der Waals surface area contributed by atoms with E-state index in [1.165, 1.54) is 12.8 Å². The van der Waals surface area contributed by atoms with Crippen molar-refractivity contribution >= 4 is 11.1 Å². The highest BCUT2D eigenvalue weighted by Crippen LogP contribution is 2.38. The molecule has 2 fully saturated rings. The minimum atomic E-state index is -1.10. The largest absolute Gasteiger partial charge is 0.286 e. The Labute approximate surface area is 82.0 Å². The third-order valence-corrected chi connectivity index (χ3v) is 4.18. The molecule has 0 bridgehead atoms. The van der Waals surface area contributed by atoms with Crippen LogP contribution in [0.25, 0.3) is 0 Å². The molecule has 0 radical (unpaired) electrons. The van der Waals surface area contributed by atoms with Gasteiger partial charge in [-0.2, -0.15) is 0 Å². The zero-order valence-electron chi connectivity index (χ0n) is 7.99. The molecule has 0 spiro atoms. The van der Waals surface area contributed by atoms with E-state index >= 15 is 0 Å². The zero-order chi connectivity index (χ0) is 9.42. The van der Waals surface area contributed by atoms with Gasteiger partial charge in [0.1, 0.15) is 0 Å². The molecule has 2 aliphatic rings. The van der Waals surface area contributed by atoms with Gasteiger partial charge in [-0.1, -0.05) is 19.1 Å². The van der Waals surface area contributed by atoms with Crippen LogP contribution in [0.3, 0.4) is 0 Å². The minimum Gasteiger partial charge on any atom is -0.286 e. The third-order valence-electron chi connectivity index (χ3n) is 3.11. The van der Waals surface area contributed by atoms with Crippen molar-refractivity contribution in [2.45, 2.75) is 32.3 Å². The first-order valence-electron chi connectivity index (χ1n) is 4.90. The molecule has 2 rings (SSSR count). The highest BCUT2D eigenvalue weighted by molar-refractivity contribution is 7.80. The summed E-state index contributed by atoms with van der Waals surface area (Å²) in [6.45, 7) is 6.24. The first kappa shape index (κ1) is 9.41. The smallest absolute Gasteiger partial charge is 0.159 e. The maximum atomic E-state index is 11.3. The van der Waals surface area contributed by atoms with Crippen LogP contribution >= 0.6 is 0 Å². The molecule has 0 N–H and O–H groups in total. The van der Waals surface area contributed by atoms with Crippen LogP contribution in [0.5, 0.6) is 0 Å². The summed E-state index contributed by atoms with van der Waals surface area (Å²) in [5.74, 6) is 1.74. The summed E-state index contributed by atoms with van der Waals surface area (Å²) in [5.41, 5.74) is 1.14. The van der Waals surface area contributed by atoms with E-state index in [2.05, 4.69) is 13.5 Å². The fourth-order valence-electron chi connectivity index (χ4n) is 2.33. The van der Waals surface area contributed by atoms with Gasteiger partial charge in [-0.3, -0.25) is 4.18 Å². The van der Waals surface area contributed by atoms with Gasteiger partial charge in [0.25, 0.3) is 0 Å². The van der Waals surface area contributed by atoms with E-state index in [9.17, 15) is 4.21 Å². The van der Waals surface area contributed by atoms with Gasteiger partial charge in [0.15, 0.2) is 11.1 Å². The second kappa shape index (κ2) is 3.54. The van der Waals surface area contributed by atoms with E-state index in [0.29, 0.717) is 17.6 Å². The van der Waals surface area contributed by atoms with Crippen LogP contribution in [0, 0.1) is 11.8 Å². The van der Waals surface area contributed by atoms with Gasteiger partial charge in [-0.25, -0.2) is 4.21 Å². The summed E-state index contributed by atoms with van der Waals surface area (Å²) >= 11 is -1.10. The topological polar surface area (TPSA) is 26.3 Å². The van der Waals surface area contributed by atoms with Crippen LogP contribution in [0.2, 0.25) is 0 Å². The van der Waals surface area contributed by atoms with Crippen molar-refractivity contribution in [3.63, 3.8) is 0 Å². The lowest BCUT2D eigenvalue weighted by Crippen LogP contribution is -2.38. The number of hydrogen-bond acceptors (Lipinski definition) is 2. The van der Waals surface area contributed by atoms with Crippen LogP contribution in [-0.2, 0) is 15.3 Å². The maximum absolute atomic E-state index is 11.3. The summed E-state index contributed by atoms with van der Waals surface area (Å²) in [4.78, 5) is 0. The molecule has 1 aliphatic carbocycles. The van der Waals surface area contributed by atoms with Gasteiger partial charge in [-0.05, 0) is 25.2 Å². The second-order valence-electron chi connectivity index (χ2n) is 4.27. The lowest BCUT2D eigenvalue weighted by atomic mass is 9.78. The van der Waals surface area contributed by atoms with Gasteiger partial charge in [0.05, 0.1) is 11.9 Å². The normalized spacial score (nSPS) is 45.8. The second-order valence-corrected chi connectivity index (χ2v) is 5.35. The van der Waals surface area contributed by atoms with Crippen molar-refractivity contribution < 1.29 is 8.39 Å². The molecule has 2 nitrogen and oxygen atoms in total. The zero-order valence-corrected chi connectivity index (χ0v) is 8.81. The summed E-state index contributed by atoms with van der Waals surface area (Å²) in [6, 6.07) is 0. The highest BCUT2D eigenvalue weighted by atomic mass is 32.2. The molecule has 1 saturated carbocycles. The molecule has 3 heteroatoms. The van der Waals surface area contributed by atoms with Crippen LogP contribution < -0.4 is 0 Å². The predicted octanol–water partition coefficient (Wildman–Crippen LogP) is 2.04. The maximum Gasteiger partial charge on any atom is 0.159 e. The van der Waals surface area contributed by atoms with Gasteiger partial charge >= 0.3 is 0 Å². The molecule has 4 atom stereocenters. The fraction of sp³-hybridized carbons (Fsp3) is 0.800. The molecule has 0 aromatic carbocycles. The van der Waals surface area contributed by atoms with Crippen molar-refractivity contribution in [3.05, 3.63) is 12.2 Å². The average molecular weight is 200 g/mol. The molecule has 0 aromatic rings. The Kier molecular flexibility index (Phi) is 2.56. The summed E-state index contributed by atoms with van der Waals surface area (Å²) < 4.78 is 16.7. The van der Waals surface area contributed by atoms with E-state index in [0.717, 1.165) is 12.0 Å². The molecule has 1 saturated heterocycles. The Bertz CT molecular complexity index is 249. The van der Waals surface area contributed by atoms with Crippen LogP contribution in [0.4, 0.5) is 0 Å². The Balaban J connectivity index is 2.10. The summed E-state index contributed by atoms with van der Waals surface area (Å²) in [5, 5.41) is 0. The van der Waals surface area contributed by atoms with Crippen molar-refractivity contribution in [1.29, 1.82) is 0 Å². The van der Waals surface area contributed by atoms with Gasteiger partial charge in [0, 0.05) is 5.92 Å². The van der Waals surface area contributed by atoms with Crippen LogP contribution in [0.1, 0.15) is 26.2 Å². The lowest BCUT2D eigenvalue weighted by Gasteiger charge is -2.38. The van der Waals surface area contributed by atoms with E-state index in [1.807, 2.05) is 0 Å². The van der Waals surface area contributed by atoms with Crippen LogP contribution in [-0.4, -0.2) is 16.1 Å². The Hall–Kier alpha value is -0.150. The Morgan fingerprint density at radius 1 is 1.54 bits per heavy atom. The molecule has 1 heterocycles. The Morgan fingerprint density at radius 2 is 2.31 bits per heavy atom. The number of hydrogen-bond donors (Lipinski definition) is 0. The van der Waals surface area contributed by atoms with Gasteiger partial charge in [-0.15, -0.1) is 0 Å². The van der Waals surface area contributed by atoms with Crippen molar-refractivity contribution in [1.82, 2.24) is 0 Å². The molecule has 1 unspecified atom stereocenters. The lowest BCUT2D eigenvalue weighted by molar-refractivity contribution is 0.0927. The fourth-order valence-corrected chi connectivity index (χ4v) is 3.41. The molecular formula is C10H16O2S. The SMILES string of the molecule is C=C1CS(=O)O[C@H]2C[C@H](C)CC[C@@H]12. The van der Waals surface area contributed by atoms with Crippen molar-refractivity contribution in [2.24, 2.45) is 11.8 Å². The molecule has 13 heavy (non-hydrogen) atoms. The first-order chi connectivity index (χ1) is 6.16. The third kappa shape index (κ3) is 1.86. The summed E-state index contributed by atoms with van der Waals surface area (Å²) in [7, 11) is 0. The minimum absolute atomic E-state index is 0.186. The number of fused-ring (bicyclic) bond motifs is 1. The van der Waals surface area contributed by atoms with Crippen LogP contribution in [0.15, 0.2) is 12.2 Å². The average Bonchev–Trinajstić information content (AvgIpc) is 2.02. The van der Waals surface area contributed by atoms with E-state index < -0.39 is 11.1 Å². The predicted molar refractivity (Wildman–Crippen MR) is 53.5 cm³/mol. The molecule has 74 valence electrons. The highest BCUT2D eigenvalue weighted by Gasteiger charge is 2.36. The molecule has 1 aliphatic heterocycles. The first-order valence-corrected chi connectivity index (χ1v) is 6.14. The van der Waals surface area contributed by atoms with E-state index in [-0.39, 0.29) is 6.10 Å². The quantitative estimate of drug-likeness (QED) is 0.559.